The van der Waals surface area contributed by atoms with Gasteiger partial charge in [-0.05, 0) is 67.6 Å². The summed E-state index contributed by atoms with van der Waals surface area (Å²) in [6.45, 7) is 8.10. The van der Waals surface area contributed by atoms with E-state index in [0.717, 1.165) is 62.5 Å². The van der Waals surface area contributed by atoms with Crippen molar-refractivity contribution in [3.05, 3.63) is 59.4 Å². The van der Waals surface area contributed by atoms with Crippen LogP contribution in [0.3, 0.4) is 0 Å². The summed E-state index contributed by atoms with van der Waals surface area (Å²) < 4.78 is 25.4. The summed E-state index contributed by atoms with van der Waals surface area (Å²) in [6.07, 6.45) is 7.32. The highest BCUT2D eigenvalue weighted by atomic mass is 19.1. The summed E-state index contributed by atoms with van der Waals surface area (Å²) in [7, 11) is 0. The summed E-state index contributed by atoms with van der Waals surface area (Å²) in [5.74, 6) is -1.59. The van der Waals surface area contributed by atoms with E-state index in [2.05, 4.69) is 20.1 Å². The number of carbonyl (C=O) groups excluding carboxylic acids is 2. The minimum absolute atomic E-state index is 0.00683. The predicted molar refractivity (Wildman–Crippen MR) is 132 cm³/mol. The van der Waals surface area contributed by atoms with Gasteiger partial charge in [0.05, 0.1) is 37.6 Å². The van der Waals surface area contributed by atoms with E-state index < -0.39 is 25.2 Å². The molecule has 2 rings (SSSR count). The van der Waals surface area contributed by atoms with E-state index in [1.165, 1.54) is 0 Å². The lowest BCUT2D eigenvalue weighted by Crippen LogP contribution is -2.31. The lowest BCUT2D eigenvalue weighted by atomic mass is 9.74. The molecule has 0 saturated heterocycles. The Balaban J connectivity index is 1.99. The molecule has 0 amide bonds. The van der Waals surface area contributed by atoms with Crippen molar-refractivity contribution in [3.63, 3.8) is 0 Å². The maximum absolute atomic E-state index is 14.9. The minimum Gasteiger partial charge on any atom is -0.462 e. The van der Waals surface area contributed by atoms with Crippen LogP contribution in [0.1, 0.15) is 68.9 Å². The Labute approximate surface area is 207 Å². The second-order valence-electron chi connectivity index (χ2n) is 9.41. The van der Waals surface area contributed by atoms with Crippen molar-refractivity contribution >= 4 is 11.9 Å². The zero-order valence-electron chi connectivity index (χ0n) is 20.8. The Morgan fingerprint density at radius 1 is 1.00 bits per heavy atom. The van der Waals surface area contributed by atoms with E-state index in [4.69, 9.17) is 19.7 Å². The van der Waals surface area contributed by atoms with Gasteiger partial charge in [-0.3, -0.25) is 0 Å². The summed E-state index contributed by atoms with van der Waals surface area (Å²) >= 11 is 0. The van der Waals surface area contributed by atoms with E-state index in [-0.39, 0.29) is 47.9 Å². The first-order valence-corrected chi connectivity index (χ1v) is 12.5. The van der Waals surface area contributed by atoms with Gasteiger partial charge >= 0.3 is 11.9 Å². The smallest absolute Gasteiger partial charge is 0.335 e. The number of aliphatic hydroxyl groups excluding tert-OH is 2. The molecule has 0 aromatic heterocycles. The number of ether oxygens (including phenoxy) is 2. The highest BCUT2D eigenvalue weighted by Gasteiger charge is 2.31. The Bertz CT molecular complexity index is 840. The van der Waals surface area contributed by atoms with E-state index in [0.29, 0.717) is 0 Å². The Morgan fingerprint density at radius 3 is 2.06 bits per heavy atom. The van der Waals surface area contributed by atoms with Crippen molar-refractivity contribution in [3.8, 4) is 0 Å². The van der Waals surface area contributed by atoms with Gasteiger partial charge in [0.1, 0.15) is 5.82 Å². The number of aliphatic hydroxyl groups is 2. The van der Waals surface area contributed by atoms with Crippen LogP contribution in [0.15, 0.2) is 42.5 Å². The fourth-order valence-electron chi connectivity index (χ4n) is 4.56. The largest absolute Gasteiger partial charge is 0.462 e. The van der Waals surface area contributed by atoms with Crippen LogP contribution in [-0.4, -0.2) is 48.6 Å². The normalized spacial score (nSPS) is 17.7. The zero-order valence-corrected chi connectivity index (χ0v) is 20.8. The average Bonchev–Trinajstić information content (AvgIpc) is 2.87. The predicted octanol–water partition coefficient (Wildman–Crippen LogP) is 4.63. The van der Waals surface area contributed by atoms with Crippen LogP contribution >= 0.6 is 0 Å². The van der Waals surface area contributed by atoms with Crippen molar-refractivity contribution in [1.29, 1.82) is 0 Å². The summed E-state index contributed by atoms with van der Waals surface area (Å²) in [5, 5.41) is 18.2. The molecule has 1 fully saturated rings. The number of rotatable bonds is 14. The molecule has 35 heavy (non-hydrogen) atoms. The summed E-state index contributed by atoms with van der Waals surface area (Å²) in [4.78, 5) is 23.9. The number of carbonyl (C=O) groups is 2. The number of esters is 2. The molecule has 0 heterocycles. The van der Waals surface area contributed by atoms with Crippen molar-refractivity contribution in [2.75, 3.05) is 26.4 Å². The summed E-state index contributed by atoms with van der Waals surface area (Å²) in [5.41, 5.74) is 1.68. The van der Waals surface area contributed by atoms with E-state index in [1.54, 1.807) is 6.07 Å². The molecular formula is C28H39FO6. The number of benzene rings is 1. The summed E-state index contributed by atoms with van der Waals surface area (Å²) in [6, 6.07) is 5.62. The molecular weight excluding hydrogens is 451 g/mol. The molecule has 0 radical (unpaired) electrons. The standard InChI is InChI=1S/C28H39FO6/c1-4-5-6-7-21-8-13-25(26(29)14-21)23-11-9-22(10-12-23)24(17-34-27(32)19(2)15-30)18-35-28(33)20(3)16-31/h8,13-14,22-24,30-31H,2-7,9-12,15-18H2,1H3. The van der Waals surface area contributed by atoms with E-state index in [1.807, 2.05) is 12.1 Å². The quantitative estimate of drug-likeness (QED) is 0.224. The van der Waals surface area contributed by atoms with Crippen molar-refractivity contribution in [2.45, 2.75) is 64.2 Å². The first-order valence-electron chi connectivity index (χ1n) is 12.5. The fraction of sp³-hybridized carbons (Fsp3) is 0.571. The number of hydrogen-bond acceptors (Lipinski definition) is 6. The van der Waals surface area contributed by atoms with Gasteiger partial charge in [-0.1, -0.05) is 45.1 Å². The van der Waals surface area contributed by atoms with Gasteiger partial charge in [0.15, 0.2) is 0 Å². The zero-order chi connectivity index (χ0) is 25.8. The lowest BCUT2D eigenvalue weighted by Gasteiger charge is -2.34. The maximum atomic E-state index is 14.9. The number of hydrogen-bond donors (Lipinski definition) is 2. The first kappa shape index (κ1) is 28.7. The second-order valence-corrected chi connectivity index (χ2v) is 9.41. The monoisotopic (exact) mass is 490 g/mol. The fourth-order valence-corrected chi connectivity index (χ4v) is 4.56. The first-order chi connectivity index (χ1) is 16.8. The molecule has 1 aromatic carbocycles. The molecule has 0 atom stereocenters. The topological polar surface area (TPSA) is 93.1 Å². The molecule has 1 saturated carbocycles. The van der Waals surface area contributed by atoms with Crippen molar-refractivity contribution in [1.82, 2.24) is 0 Å². The molecule has 1 aliphatic carbocycles. The molecule has 1 aromatic rings. The van der Waals surface area contributed by atoms with Crippen LogP contribution in [0.4, 0.5) is 4.39 Å². The third-order valence-electron chi connectivity index (χ3n) is 6.83. The lowest BCUT2D eigenvalue weighted by molar-refractivity contribution is -0.146. The van der Waals surface area contributed by atoms with E-state index >= 15 is 0 Å². The molecule has 0 spiro atoms. The van der Waals surface area contributed by atoms with Crippen LogP contribution in [0.2, 0.25) is 0 Å². The van der Waals surface area contributed by atoms with Crippen molar-refractivity contribution < 1.29 is 33.7 Å². The molecule has 6 nitrogen and oxygen atoms in total. The average molecular weight is 491 g/mol. The molecule has 2 N–H and O–H groups in total. The SMILES string of the molecule is C=C(CO)C(=O)OCC(COC(=O)C(=C)CO)C1CCC(c2ccc(CCCCC)cc2F)CC1. The Morgan fingerprint density at radius 2 is 1.57 bits per heavy atom. The van der Waals surface area contributed by atoms with Gasteiger partial charge in [-0.2, -0.15) is 0 Å². The molecule has 0 unspecified atom stereocenters. The highest BCUT2D eigenvalue weighted by molar-refractivity contribution is 5.88. The van der Waals surface area contributed by atoms with Gasteiger partial charge in [0.2, 0.25) is 0 Å². The molecule has 7 heteroatoms. The second kappa shape index (κ2) is 14.8. The highest BCUT2D eigenvalue weighted by Crippen LogP contribution is 2.40. The van der Waals surface area contributed by atoms with Crippen LogP contribution in [0.25, 0.3) is 0 Å². The third-order valence-corrected chi connectivity index (χ3v) is 6.83. The number of unbranched alkanes of at least 4 members (excludes halogenated alkanes) is 2. The van der Waals surface area contributed by atoms with Gasteiger partial charge in [-0.15, -0.1) is 0 Å². The third kappa shape index (κ3) is 8.89. The van der Waals surface area contributed by atoms with Crippen molar-refractivity contribution in [2.24, 2.45) is 11.8 Å². The van der Waals surface area contributed by atoms with Gasteiger partial charge < -0.3 is 19.7 Å². The Hall–Kier alpha value is -2.51. The molecule has 0 aliphatic heterocycles. The Kier molecular flexibility index (Phi) is 12.1. The molecule has 194 valence electrons. The van der Waals surface area contributed by atoms with E-state index in [9.17, 15) is 14.0 Å². The molecule has 0 bridgehead atoms. The van der Waals surface area contributed by atoms with Crippen LogP contribution in [-0.2, 0) is 25.5 Å². The maximum Gasteiger partial charge on any atom is 0.335 e. The van der Waals surface area contributed by atoms with Gasteiger partial charge in [0, 0.05) is 5.92 Å². The molecule has 1 aliphatic rings. The van der Waals surface area contributed by atoms with Crippen LogP contribution < -0.4 is 0 Å². The number of aryl methyl sites for hydroxylation is 1. The van der Waals surface area contributed by atoms with Crippen LogP contribution in [0, 0.1) is 17.7 Å². The van der Waals surface area contributed by atoms with Gasteiger partial charge in [0.25, 0.3) is 0 Å². The number of halogens is 1. The minimum atomic E-state index is -0.696. The van der Waals surface area contributed by atoms with Gasteiger partial charge in [-0.25, -0.2) is 14.0 Å². The van der Waals surface area contributed by atoms with Crippen LogP contribution in [0.5, 0.6) is 0 Å².